The Hall–Kier alpha value is -4.00. The first-order valence-electron chi connectivity index (χ1n) is 10.5. The van der Waals surface area contributed by atoms with Crippen LogP contribution in [-0.2, 0) is 13.0 Å². The maximum Gasteiger partial charge on any atom is 0.260 e. The second kappa shape index (κ2) is 8.26. The molecule has 2 aromatic heterocycles. The van der Waals surface area contributed by atoms with Crippen molar-refractivity contribution >= 4 is 17.4 Å². The lowest BCUT2D eigenvalue weighted by molar-refractivity contribution is 0.102. The summed E-state index contributed by atoms with van der Waals surface area (Å²) in [5, 5.41) is 10.1. The Kier molecular flexibility index (Phi) is 5.15. The van der Waals surface area contributed by atoms with E-state index in [0.29, 0.717) is 29.7 Å². The summed E-state index contributed by atoms with van der Waals surface area (Å²) in [6.45, 7) is 2.72. The number of benzene rings is 2. The fourth-order valence-electron chi connectivity index (χ4n) is 4.27. The summed E-state index contributed by atoms with van der Waals surface area (Å²) in [5.41, 5.74) is 4.64. The minimum absolute atomic E-state index is 0.257. The molecule has 0 bridgehead atoms. The Labute approximate surface area is 186 Å². The second-order valence-corrected chi connectivity index (χ2v) is 7.89. The molecule has 1 amide bonds. The Morgan fingerprint density at radius 3 is 2.91 bits per heavy atom. The maximum atomic E-state index is 13.0. The van der Waals surface area contributed by atoms with Gasteiger partial charge in [0, 0.05) is 23.4 Å². The number of hydrogen-bond acceptors (Lipinski definition) is 5. The number of aromatic amines is 1. The molecular formula is C25H24N4O3. The number of methoxy groups -OCH3 is 1. The van der Waals surface area contributed by atoms with Crippen LogP contribution in [0.4, 0.5) is 11.5 Å². The number of anilines is 2. The van der Waals surface area contributed by atoms with Crippen molar-refractivity contribution in [3.63, 3.8) is 0 Å². The molecule has 1 unspecified atom stereocenters. The van der Waals surface area contributed by atoms with Crippen LogP contribution in [-0.4, -0.2) is 29.3 Å². The highest BCUT2D eigenvalue weighted by Gasteiger charge is 2.28. The van der Waals surface area contributed by atoms with E-state index in [1.165, 1.54) is 11.3 Å². The van der Waals surface area contributed by atoms with Crippen LogP contribution in [0.15, 0.2) is 71.3 Å². The van der Waals surface area contributed by atoms with E-state index in [2.05, 4.69) is 45.5 Å². The lowest BCUT2D eigenvalue weighted by Gasteiger charge is -2.24. The molecule has 32 heavy (non-hydrogen) atoms. The molecule has 1 aliphatic heterocycles. The minimum Gasteiger partial charge on any atom is -0.496 e. The first-order valence-corrected chi connectivity index (χ1v) is 10.5. The number of para-hydroxylation sites is 2. The monoisotopic (exact) mass is 428 g/mol. The first-order chi connectivity index (χ1) is 15.6. The van der Waals surface area contributed by atoms with E-state index in [1.807, 2.05) is 30.3 Å². The molecule has 7 heteroatoms. The van der Waals surface area contributed by atoms with Crippen molar-refractivity contribution in [3.8, 4) is 17.0 Å². The van der Waals surface area contributed by atoms with Crippen LogP contribution >= 0.6 is 0 Å². The van der Waals surface area contributed by atoms with E-state index >= 15 is 0 Å². The van der Waals surface area contributed by atoms with Gasteiger partial charge in [-0.25, -0.2) is 0 Å². The zero-order chi connectivity index (χ0) is 22.1. The van der Waals surface area contributed by atoms with Crippen molar-refractivity contribution < 1.29 is 13.9 Å². The Morgan fingerprint density at radius 1 is 1.22 bits per heavy atom. The third kappa shape index (κ3) is 3.62. The highest BCUT2D eigenvalue weighted by Crippen LogP contribution is 2.34. The van der Waals surface area contributed by atoms with E-state index in [1.54, 1.807) is 25.5 Å². The summed E-state index contributed by atoms with van der Waals surface area (Å²) in [6, 6.07) is 19.8. The van der Waals surface area contributed by atoms with Gasteiger partial charge >= 0.3 is 0 Å². The largest absolute Gasteiger partial charge is 0.496 e. The van der Waals surface area contributed by atoms with Gasteiger partial charge in [0.15, 0.2) is 5.82 Å². The van der Waals surface area contributed by atoms with Gasteiger partial charge in [0.2, 0.25) is 0 Å². The number of hydrogen-bond donors (Lipinski definition) is 2. The number of rotatable bonds is 6. The Bertz CT molecular complexity index is 1260. The summed E-state index contributed by atoms with van der Waals surface area (Å²) in [7, 11) is 1.62. The van der Waals surface area contributed by atoms with Crippen LogP contribution in [0.5, 0.6) is 5.75 Å². The predicted molar refractivity (Wildman–Crippen MR) is 123 cm³/mol. The van der Waals surface area contributed by atoms with Gasteiger partial charge < -0.3 is 19.4 Å². The van der Waals surface area contributed by atoms with E-state index < -0.39 is 0 Å². The van der Waals surface area contributed by atoms with Crippen molar-refractivity contribution in [1.29, 1.82) is 0 Å². The maximum absolute atomic E-state index is 13.0. The normalized spacial score (nSPS) is 14.9. The third-order valence-corrected chi connectivity index (χ3v) is 5.87. The molecule has 7 nitrogen and oxygen atoms in total. The van der Waals surface area contributed by atoms with Crippen LogP contribution in [0.2, 0.25) is 0 Å². The van der Waals surface area contributed by atoms with Crippen LogP contribution in [0.1, 0.15) is 28.6 Å². The molecule has 0 fully saturated rings. The zero-order valence-electron chi connectivity index (χ0n) is 18.0. The van der Waals surface area contributed by atoms with Gasteiger partial charge in [-0.3, -0.25) is 9.89 Å². The molecule has 2 aromatic carbocycles. The quantitative estimate of drug-likeness (QED) is 0.457. The van der Waals surface area contributed by atoms with Gasteiger partial charge in [-0.2, -0.15) is 5.10 Å². The topological polar surface area (TPSA) is 83.4 Å². The molecule has 3 heterocycles. The zero-order valence-corrected chi connectivity index (χ0v) is 18.0. The van der Waals surface area contributed by atoms with Crippen molar-refractivity contribution in [1.82, 2.24) is 10.2 Å². The third-order valence-electron chi connectivity index (χ3n) is 5.87. The van der Waals surface area contributed by atoms with Gasteiger partial charge in [0.25, 0.3) is 5.91 Å². The number of H-pyrrole nitrogens is 1. The van der Waals surface area contributed by atoms with Crippen molar-refractivity contribution in [2.75, 3.05) is 17.3 Å². The molecule has 162 valence electrons. The number of furan rings is 1. The molecule has 0 spiro atoms. The van der Waals surface area contributed by atoms with Gasteiger partial charge in [-0.05, 0) is 43.2 Å². The second-order valence-electron chi connectivity index (χ2n) is 7.89. The summed E-state index contributed by atoms with van der Waals surface area (Å²) in [5.74, 6) is 1.53. The van der Waals surface area contributed by atoms with Crippen molar-refractivity contribution in [3.05, 3.63) is 83.8 Å². The summed E-state index contributed by atoms with van der Waals surface area (Å²) < 4.78 is 11.1. The summed E-state index contributed by atoms with van der Waals surface area (Å²) in [4.78, 5) is 15.3. The lowest BCUT2D eigenvalue weighted by atomic mass is 10.1. The van der Waals surface area contributed by atoms with E-state index in [-0.39, 0.29) is 5.91 Å². The number of carbonyl (C=O) groups excluding carboxylic acids is 1. The number of aromatic nitrogens is 2. The molecule has 0 saturated carbocycles. The number of fused-ring (bicyclic) bond motifs is 1. The number of amides is 1. The van der Waals surface area contributed by atoms with Gasteiger partial charge in [0.1, 0.15) is 11.5 Å². The van der Waals surface area contributed by atoms with Crippen molar-refractivity contribution in [2.45, 2.75) is 25.9 Å². The van der Waals surface area contributed by atoms with E-state index in [9.17, 15) is 4.79 Å². The van der Waals surface area contributed by atoms with Crippen LogP contribution in [0, 0.1) is 0 Å². The number of nitrogens with one attached hydrogen (secondary N) is 2. The average Bonchev–Trinajstić information content (AvgIpc) is 3.53. The number of nitrogens with zero attached hydrogens (tertiary/aromatic N) is 2. The molecule has 2 N–H and O–H groups in total. The average molecular weight is 428 g/mol. The highest BCUT2D eigenvalue weighted by atomic mass is 16.5. The summed E-state index contributed by atoms with van der Waals surface area (Å²) >= 11 is 0. The Balaban J connectivity index is 1.33. The van der Waals surface area contributed by atoms with Gasteiger partial charge in [-0.15, -0.1) is 0 Å². The van der Waals surface area contributed by atoms with Crippen LogP contribution in [0.25, 0.3) is 11.3 Å². The standard InChI is InChI=1S/C25H24N4O3/c1-16-13-17-7-3-5-9-21(17)29(16)15-23-19(11-12-32-23)25(30)26-24-14-20(27-28-24)18-8-4-6-10-22(18)31-2/h3-12,14,16H,13,15H2,1-2H3,(H2,26,27,28,30). The molecule has 5 rings (SSSR count). The van der Waals surface area contributed by atoms with E-state index in [4.69, 9.17) is 9.15 Å². The Morgan fingerprint density at radius 2 is 2.03 bits per heavy atom. The van der Waals surface area contributed by atoms with Crippen molar-refractivity contribution in [2.24, 2.45) is 0 Å². The lowest BCUT2D eigenvalue weighted by Crippen LogP contribution is -2.29. The van der Waals surface area contributed by atoms with Crippen LogP contribution in [0.3, 0.4) is 0 Å². The fourth-order valence-corrected chi connectivity index (χ4v) is 4.27. The van der Waals surface area contributed by atoms with Gasteiger partial charge in [-0.1, -0.05) is 30.3 Å². The fraction of sp³-hybridized carbons (Fsp3) is 0.200. The SMILES string of the molecule is COc1ccccc1-c1cc(NC(=O)c2ccoc2CN2c3ccccc3CC2C)n[nH]1. The molecule has 4 aromatic rings. The van der Waals surface area contributed by atoms with E-state index in [0.717, 1.165) is 23.4 Å². The smallest absolute Gasteiger partial charge is 0.260 e. The number of ether oxygens (including phenoxy) is 1. The molecular weight excluding hydrogens is 404 g/mol. The molecule has 1 atom stereocenters. The van der Waals surface area contributed by atoms with Gasteiger partial charge in [0.05, 0.1) is 31.2 Å². The minimum atomic E-state index is -0.257. The molecule has 0 saturated heterocycles. The first kappa shape index (κ1) is 19.9. The molecule has 1 aliphatic rings. The number of carbonyl (C=O) groups is 1. The summed E-state index contributed by atoms with van der Waals surface area (Å²) in [6.07, 6.45) is 2.54. The predicted octanol–water partition coefficient (Wildman–Crippen LogP) is 4.88. The highest BCUT2D eigenvalue weighted by molar-refractivity contribution is 6.04. The molecule has 0 aliphatic carbocycles. The molecule has 0 radical (unpaired) electrons. The van der Waals surface area contributed by atoms with Crippen LogP contribution < -0.4 is 15.0 Å².